The van der Waals surface area contributed by atoms with Crippen LogP contribution < -0.4 is 9.47 Å². The summed E-state index contributed by atoms with van der Waals surface area (Å²) in [5.41, 5.74) is 0.236. The Bertz CT molecular complexity index is 702. The quantitative estimate of drug-likeness (QED) is 0.595. The Kier molecular flexibility index (Phi) is 8.06. The van der Waals surface area contributed by atoms with Crippen molar-refractivity contribution in [2.24, 2.45) is 0 Å². The highest BCUT2D eigenvalue weighted by Crippen LogP contribution is 2.28. The number of esters is 1. The minimum absolute atomic E-state index is 0.0761. The Labute approximate surface area is 164 Å². The zero-order valence-electron chi connectivity index (χ0n) is 16.4. The average molecular weight is 394 g/mol. The van der Waals surface area contributed by atoms with Gasteiger partial charge in [0.15, 0.2) is 18.1 Å². The summed E-state index contributed by atoms with van der Waals surface area (Å²) in [7, 11) is 2.96. The Morgan fingerprint density at radius 2 is 1.89 bits per heavy atom. The maximum atomic E-state index is 12.2. The van der Waals surface area contributed by atoms with Crippen molar-refractivity contribution >= 4 is 17.8 Å². The first-order valence-electron chi connectivity index (χ1n) is 9.03. The van der Waals surface area contributed by atoms with E-state index in [0.29, 0.717) is 44.4 Å². The molecule has 154 valence electrons. The topological polar surface area (TPSA) is 94.6 Å². The molecule has 0 bridgehead atoms. The molecule has 1 aliphatic heterocycles. The van der Waals surface area contributed by atoms with E-state index in [0.717, 1.165) is 0 Å². The number of morpholine rings is 1. The number of amides is 2. The molecule has 0 unspecified atom stereocenters. The van der Waals surface area contributed by atoms with E-state index >= 15 is 0 Å². The first kappa shape index (κ1) is 21.5. The van der Waals surface area contributed by atoms with Gasteiger partial charge in [0.2, 0.25) is 5.91 Å². The van der Waals surface area contributed by atoms with Gasteiger partial charge in [-0.25, -0.2) is 4.79 Å². The molecule has 0 N–H and O–H groups in total. The van der Waals surface area contributed by atoms with Crippen LogP contribution in [0.5, 0.6) is 11.5 Å². The molecule has 28 heavy (non-hydrogen) atoms. The molecule has 1 aliphatic rings. The summed E-state index contributed by atoms with van der Waals surface area (Å²) in [5, 5.41) is 0. The lowest BCUT2D eigenvalue weighted by molar-refractivity contribution is -0.143. The molecule has 1 saturated heterocycles. The van der Waals surface area contributed by atoms with Crippen molar-refractivity contribution in [1.82, 2.24) is 9.80 Å². The maximum Gasteiger partial charge on any atom is 0.338 e. The van der Waals surface area contributed by atoms with E-state index in [1.54, 1.807) is 11.0 Å². The number of benzene rings is 1. The lowest BCUT2D eigenvalue weighted by Crippen LogP contribution is -2.46. The van der Waals surface area contributed by atoms with Crippen molar-refractivity contribution in [3.63, 3.8) is 0 Å². The summed E-state index contributed by atoms with van der Waals surface area (Å²) in [6, 6.07) is 4.63. The van der Waals surface area contributed by atoms with E-state index in [4.69, 9.17) is 18.9 Å². The van der Waals surface area contributed by atoms with Gasteiger partial charge in [0, 0.05) is 20.1 Å². The van der Waals surface area contributed by atoms with E-state index in [9.17, 15) is 14.4 Å². The Morgan fingerprint density at radius 1 is 1.18 bits per heavy atom. The number of methoxy groups -OCH3 is 1. The van der Waals surface area contributed by atoms with Gasteiger partial charge >= 0.3 is 5.97 Å². The van der Waals surface area contributed by atoms with Crippen LogP contribution in [0.15, 0.2) is 18.2 Å². The lowest BCUT2D eigenvalue weighted by atomic mass is 10.2. The number of hydrogen-bond donors (Lipinski definition) is 0. The summed E-state index contributed by atoms with van der Waals surface area (Å²) < 4.78 is 20.9. The third-order valence-corrected chi connectivity index (χ3v) is 4.19. The molecule has 0 saturated carbocycles. The van der Waals surface area contributed by atoms with Crippen LogP contribution in [0.4, 0.5) is 0 Å². The van der Waals surface area contributed by atoms with Crippen molar-refractivity contribution in [3.8, 4) is 11.5 Å². The Morgan fingerprint density at radius 3 is 2.54 bits per heavy atom. The minimum atomic E-state index is -0.664. The number of carbonyl (C=O) groups is 3. The molecule has 1 heterocycles. The molecule has 1 aromatic carbocycles. The van der Waals surface area contributed by atoms with Gasteiger partial charge < -0.3 is 28.7 Å². The number of nitrogens with zero attached hydrogens (tertiary/aromatic N) is 2. The highest BCUT2D eigenvalue weighted by molar-refractivity contribution is 5.92. The molecular formula is C19H26N2O7. The zero-order chi connectivity index (χ0) is 20.5. The van der Waals surface area contributed by atoms with Gasteiger partial charge in [0.1, 0.15) is 0 Å². The second-order valence-corrected chi connectivity index (χ2v) is 6.12. The van der Waals surface area contributed by atoms with Crippen LogP contribution in [0.2, 0.25) is 0 Å². The van der Waals surface area contributed by atoms with Crippen LogP contribution in [0.25, 0.3) is 0 Å². The van der Waals surface area contributed by atoms with E-state index in [-0.39, 0.29) is 18.0 Å². The molecule has 0 spiro atoms. The summed E-state index contributed by atoms with van der Waals surface area (Å²) >= 11 is 0. The molecule has 1 aromatic rings. The molecule has 0 radical (unpaired) electrons. The summed E-state index contributed by atoms with van der Waals surface area (Å²) in [4.78, 5) is 39.4. The predicted molar refractivity (Wildman–Crippen MR) is 99.5 cm³/mol. The number of likely N-dealkylation sites (N-methyl/N-ethyl adjacent to an activating group) is 1. The average Bonchev–Trinajstić information content (AvgIpc) is 2.72. The smallest absolute Gasteiger partial charge is 0.338 e. The van der Waals surface area contributed by atoms with Gasteiger partial charge in [-0.2, -0.15) is 0 Å². The van der Waals surface area contributed by atoms with Gasteiger partial charge in [0.05, 0.1) is 39.0 Å². The fraction of sp³-hybridized carbons (Fsp3) is 0.526. The standard InChI is InChI=1S/C19H26N2O7/c1-4-27-15-6-5-14(11-16(15)25-3)19(24)28-13-18(23)20(2)12-17(22)21-7-9-26-10-8-21/h5-6,11H,4,7-10,12-13H2,1-3H3. The van der Waals surface area contributed by atoms with Crippen LogP contribution in [-0.4, -0.2) is 87.8 Å². The second-order valence-electron chi connectivity index (χ2n) is 6.12. The van der Waals surface area contributed by atoms with Gasteiger partial charge in [-0.15, -0.1) is 0 Å². The van der Waals surface area contributed by atoms with E-state index in [2.05, 4.69) is 0 Å². The normalized spacial score (nSPS) is 13.6. The van der Waals surface area contributed by atoms with Crippen molar-refractivity contribution in [2.75, 3.05) is 60.2 Å². The molecule has 2 rings (SSSR count). The molecule has 1 fully saturated rings. The second kappa shape index (κ2) is 10.5. The molecular weight excluding hydrogens is 368 g/mol. The van der Waals surface area contributed by atoms with Crippen molar-refractivity contribution in [3.05, 3.63) is 23.8 Å². The van der Waals surface area contributed by atoms with Crippen LogP contribution in [0, 0.1) is 0 Å². The Hall–Kier alpha value is -2.81. The number of carbonyl (C=O) groups excluding carboxylic acids is 3. The number of ether oxygens (including phenoxy) is 4. The predicted octanol–water partition coefficient (Wildman–Crippen LogP) is 0.568. The molecule has 0 aliphatic carbocycles. The number of hydrogen-bond acceptors (Lipinski definition) is 7. The van der Waals surface area contributed by atoms with Crippen LogP contribution >= 0.6 is 0 Å². The van der Waals surface area contributed by atoms with Crippen LogP contribution in [0.1, 0.15) is 17.3 Å². The summed E-state index contributed by atoms with van der Waals surface area (Å²) in [5.74, 6) is -0.382. The lowest BCUT2D eigenvalue weighted by Gasteiger charge is -2.28. The number of rotatable bonds is 8. The van der Waals surface area contributed by atoms with Crippen molar-refractivity contribution < 1.29 is 33.3 Å². The molecule has 0 aromatic heterocycles. The van der Waals surface area contributed by atoms with Gasteiger partial charge in [-0.05, 0) is 25.1 Å². The molecule has 9 heteroatoms. The SMILES string of the molecule is CCOc1ccc(C(=O)OCC(=O)N(C)CC(=O)N2CCOCC2)cc1OC. The third kappa shape index (κ3) is 5.85. The highest BCUT2D eigenvalue weighted by Gasteiger charge is 2.21. The Balaban J connectivity index is 1.85. The van der Waals surface area contributed by atoms with Crippen LogP contribution in [-0.2, 0) is 19.1 Å². The van der Waals surface area contributed by atoms with E-state index in [1.165, 1.54) is 31.2 Å². The van der Waals surface area contributed by atoms with E-state index < -0.39 is 18.5 Å². The highest BCUT2D eigenvalue weighted by atomic mass is 16.5. The fourth-order valence-corrected chi connectivity index (χ4v) is 2.59. The molecule has 0 atom stereocenters. The summed E-state index contributed by atoms with van der Waals surface area (Å²) in [6.45, 7) is 3.77. The summed E-state index contributed by atoms with van der Waals surface area (Å²) in [6.07, 6.45) is 0. The van der Waals surface area contributed by atoms with Gasteiger partial charge in [-0.3, -0.25) is 9.59 Å². The maximum absolute atomic E-state index is 12.2. The largest absolute Gasteiger partial charge is 0.493 e. The molecule has 9 nitrogen and oxygen atoms in total. The molecule has 2 amide bonds. The monoisotopic (exact) mass is 394 g/mol. The third-order valence-electron chi connectivity index (χ3n) is 4.19. The van der Waals surface area contributed by atoms with Crippen LogP contribution in [0.3, 0.4) is 0 Å². The van der Waals surface area contributed by atoms with Crippen molar-refractivity contribution in [1.29, 1.82) is 0 Å². The zero-order valence-corrected chi connectivity index (χ0v) is 16.4. The van der Waals surface area contributed by atoms with Crippen molar-refractivity contribution in [2.45, 2.75) is 6.92 Å². The first-order valence-corrected chi connectivity index (χ1v) is 9.03. The van der Waals surface area contributed by atoms with Gasteiger partial charge in [-0.1, -0.05) is 0 Å². The fourth-order valence-electron chi connectivity index (χ4n) is 2.59. The van der Waals surface area contributed by atoms with E-state index in [1.807, 2.05) is 6.92 Å². The minimum Gasteiger partial charge on any atom is -0.493 e. The first-order chi connectivity index (χ1) is 13.5. The van der Waals surface area contributed by atoms with Gasteiger partial charge in [0.25, 0.3) is 5.91 Å².